The van der Waals surface area contributed by atoms with E-state index in [-0.39, 0.29) is 11.7 Å². The van der Waals surface area contributed by atoms with Crippen molar-refractivity contribution in [2.24, 2.45) is 0 Å². The number of carboxylic acid groups (broad SMARTS) is 1. The van der Waals surface area contributed by atoms with Gasteiger partial charge in [0, 0.05) is 5.69 Å². The lowest BCUT2D eigenvalue weighted by Crippen LogP contribution is -2.12. The van der Waals surface area contributed by atoms with Crippen molar-refractivity contribution in [2.45, 2.75) is 0 Å². The Kier molecular flexibility index (Phi) is 4.77. The smallest absolute Gasteiger partial charge is 0.341 e. The third-order valence-electron chi connectivity index (χ3n) is 3.86. The number of carboxylic acids is 1. The van der Waals surface area contributed by atoms with Crippen LogP contribution in [0.5, 0.6) is 5.75 Å². The second-order valence-corrected chi connectivity index (χ2v) is 6.84. The number of hydrogen-bond acceptors (Lipinski definition) is 6. The van der Waals surface area contributed by atoms with Crippen molar-refractivity contribution in [3.05, 3.63) is 66.6 Å². The van der Waals surface area contributed by atoms with Crippen molar-refractivity contribution < 1.29 is 23.8 Å². The number of nitrogens with one attached hydrogen (secondary N) is 1. The normalized spacial score (nSPS) is 10.7. The van der Waals surface area contributed by atoms with Gasteiger partial charge in [-0.1, -0.05) is 12.1 Å². The van der Waals surface area contributed by atoms with Gasteiger partial charge in [-0.3, -0.25) is 4.79 Å². The fourth-order valence-corrected chi connectivity index (χ4v) is 3.61. The number of nitrogens with zero attached hydrogens (tertiary/aromatic N) is 1. The molecule has 0 radical (unpaired) electrons. The van der Waals surface area contributed by atoms with E-state index in [0.29, 0.717) is 22.0 Å². The van der Waals surface area contributed by atoms with Crippen molar-refractivity contribution >= 4 is 39.1 Å². The predicted molar refractivity (Wildman–Crippen MR) is 105 cm³/mol. The molecule has 0 fully saturated rings. The van der Waals surface area contributed by atoms with Crippen LogP contribution in [0, 0.1) is 0 Å². The number of aromatic nitrogens is 1. The molecule has 1 amide bonds. The first kappa shape index (κ1) is 17.7. The lowest BCUT2D eigenvalue weighted by molar-refractivity contribution is -0.139. The molecule has 0 saturated heterocycles. The number of fused-ring (bicyclic) bond motifs is 1. The highest BCUT2D eigenvalue weighted by Crippen LogP contribution is 2.37. The third-order valence-corrected chi connectivity index (χ3v) is 4.93. The summed E-state index contributed by atoms with van der Waals surface area (Å²) in [6.45, 7) is -0.476. The first-order valence-electron chi connectivity index (χ1n) is 8.29. The first-order chi connectivity index (χ1) is 13.6. The first-order valence-corrected chi connectivity index (χ1v) is 9.11. The number of aliphatic carboxylic acids is 1. The number of carbonyl (C=O) groups excluding carboxylic acids is 1. The zero-order valence-electron chi connectivity index (χ0n) is 14.4. The molecule has 140 valence electrons. The van der Waals surface area contributed by atoms with Gasteiger partial charge in [-0.2, -0.15) is 0 Å². The SMILES string of the molecule is O=C(O)COc1ccc(NC(=O)c2ccco2)cc1-c1nc2ccccc2s1. The van der Waals surface area contributed by atoms with Crippen molar-refractivity contribution in [3.63, 3.8) is 0 Å². The molecule has 2 heterocycles. The van der Waals surface area contributed by atoms with Gasteiger partial charge in [0.1, 0.15) is 10.8 Å². The van der Waals surface area contributed by atoms with Gasteiger partial charge >= 0.3 is 5.97 Å². The van der Waals surface area contributed by atoms with Crippen molar-refractivity contribution in [1.82, 2.24) is 4.98 Å². The highest BCUT2D eigenvalue weighted by molar-refractivity contribution is 7.21. The van der Waals surface area contributed by atoms with Gasteiger partial charge in [0.25, 0.3) is 5.91 Å². The van der Waals surface area contributed by atoms with Gasteiger partial charge in [-0.05, 0) is 42.5 Å². The topological polar surface area (TPSA) is 102 Å². The second kappa shape index (κ2) is 7.53. The number of ether oxygens (including phenoxy) is 1. The zero-order chi connectivity index (χ0) is 19.5. The Labute approximate surface area is 163 Å². The minimum atomic E-state index is -1.08. The number of para-hydroxylation sites is 1. The number of anilines is 1. The minimum absolute atomic E-state index is 0.188. The predicted octanol–water partition coefficient (Wildman–Crippen LogP) is 4.27. The van der Waals surface area contributed by atoms with Crippen LogP contribution < -0.4 is 10.1 Å². The Hall–Kier alpha value is -3.65. The molecule has 0 aliphatic heterocycles. The Morgan fingerprint density at radius 2 is 2.00 bits per heavy atom. The summed E-state index contributed by atoms with van der Waals surface area (Å²) in [5, 5.41) is 12.3. The van der Waals surface area contributed by atoms with Crippen molar-refractivity contribution in [1.29, 1.82) is 0 Å². The van der Waals surface area contributed by atoms with Crippen molar-refractivity contribution in [2.75, 3.05) is 11.9 Å². The van der Waals surface area contributed by atoms with E-state index in [1.807, 2.05) is 24.3 Å². The standard InChI is InChI=1S/C20H14N2O5S/c23-18(24)11-27-15-8-7-12(21-19(25)16-5-3-9-26-16)10-13(15)20-22-14-4-1-2-6-17(14)28-20/h1-10H,11H2,(H,21,25)(H,23,24). The van der Waals surface area contributed by atoms with Crippen LogP contribution >= 0.6 is 11.3 Å². The molecule has 2 N–H and O–H groups in total. The molecule has 0 unspecified atom stereocenters. The van der Waals surface area contributed by atoms with E-state index in [4.69, 9.17) is 14.3 Å². The van der Waals surface area contributed by atoms with Gasteiger partial charge in [-0.25, -0.2) is 9.78 Å². The zero-order valence-corrected chi connectivity index (χ0v) is 15.2. The van der Waals surface area contributed by atoms with Gasteiger partial charge in [0.05, 0.1) is 22.0 Å². The highest BCUT2D eigenvalue weighted by Gasteiger charge is 2.16. The van der Waals surface area contributed by atoms with E-state index in [0.717, 1.165) is 10.2 Å². The Bertz CT molecular complexity index is 1120. The lowest BCUT2D eigenvalue weighted by Gasteiger charge is -2.11. The highest BCUT2D eigenvalue weighted by atomic mass is 32.1. The number of thiazole rings is 1. The van der Waals surface area contributed by atoms with Crippen LogP contribution in [0.2, 0.25) is 0 Å². The summed E-state index contributed by atoms with van der Waals surface area (Å²) in [6.07, 6.45) is 1.42. The molecule has 0 saturated carbocycles. The molecular weight excluding hydrogens is 380 g/mol. The fraction of sp³-hybridized carbons (Fsp3) is 0.0500. The number of rotatable bonds is 6. The van der Waals surface area contributed by atoms with Crippen molar-refractivity contribution in [3.8, 4) is 16.3 Å². The maximum Gasteiger partial charge on any atom is 0.341 e. The van der Waals surface area contributed by atoms with E-state index in [2.05, 4.69) is 10.3 Å². The van der Waals surface area contributed by atoms with Crippen LogP contribution in [-0.4, -0.2) is 28.6 Å². The van der Waals surface area contributed by atoms with E-state index in [9.17, 15) is 9.59 Å². The van der Waals surface area contributed by atoms with Gasteiger partial charge in [-0.15, -0.1) is 11.3 Å². The quantitative estimate of drug-likeness (QED) is 0.506. The molecule has 0 aliphatic rings. The summed E-state index contributed by atoms with van der Waals surface area (Å²) in [7, 11) is 0. The van der Waals surface area contributed by atoms with Crippen LogP contribution in [0.3, 0.4) is 0 Å². The number of amides is 1. The Balaban J connectivity index is 1.71. The molecule has 8 heteroatoms. The van der Waals surface area contributed by atoms with Crippen LogP contribution in [0.4, 0.5) is 5.69 Å². The summed E-state index contributed by atoms with van der Waals surface area (Å²) in [4.78, 5) is 27.7. The average molecular weight is 394 g/mol. The molecule has 0 bridgehead atoms. The molecule has 0 aliphatic carbocycles. The van der Waals surface area contributed by atoms with E-state index in [1.165, 1.54) is 17.6 Å². The molecule has 4 rings (SSSR count). The van der Waals surface area contributed by atoms with Gasteiger partial charge in [0.2, 0.25) is 0 Å². The monoisotopic (exact) mass is 394 g/mol. The Morgan fingerprint density at radius 3 is 2.75 bits per heavy atom. The maximum atomic E-state index is 12.2. The summed E-state index contributed by atoms with van der Waals surface area (Å²) in [6, 6.07) is 15.8. The fourth-order valence-electron chi connectivity index (χ4n) is 2.63. The number of benzene rings is 2. The lowest BCUT2D eigenvalue weighted by atomic mass is 10.1. The summed E-state index contributed by atoms with van der Waals surface area (Å²) in [5.41, 5.74) is 1.94. The molecule has 4 aromatic rings. The number of furan rings is 1. The summed E-state index contributed by atoms with van der Waals surface area (Å²) in [5.74, 6) is -0.907. The van der Waals surface area contributed by atoms with E-state index in [1.54, 1.807) is 30.3 Å². The summed E-state index contributed by atoms with van der Waals surface area (Å²) < 4.78 is 11.5. The van der Waals surface area contributed by atoms with E-state index >= 15 is 0 Å². The van der Waals surface area contributed by atoms with Crippen LogP contribution in [0.1, 0.15) is 10.6 Å². The average Bonchev–Trinajstić information content (AvgIpc) is 3.36. The van der Waals surface area contributed by atoms with Crippen LogP contribution in [-0.2, 0) is 4.79 Å². The van der Waals surface area contributed by atoms with Crippen LogP contribution in [0.25, 0.3) is 20.8 Å². The number of hydrogen-bond donors (Lipinski definition) is 2. The van der Waals surface area contributed by atoms with Gasteiger partial charge < -0.3 is 19.6 Å². The minimum Gasteiger partial charge on any atom is -0.481 e. The molecule has 7 nitrogen and oxygen atoms in total. The Morgan fingerprint density at radius 1 is 1.14 bits per heavy atom. The van der Waals surface area contributed by atoms with Gasteiger partial charge in [0.15, 0.2) is 12.4 Å². The molecule has 2 aromatic carbocycles. The molecule has 0 atom stereocenters. The molecule has 2 aromatic heterocycles. The molecular formula is C20H14N2O5S. The largest absolute Gasteiger partial charge is 0.481 e. The third kappa shape index (κ3) is 3.72. The maximum absolute atomic E-state index is 12.2. The molecule has 0 spiro atoms. The molecule has 28 heavy (non-hydrogen) atoms. The van der Waals surface area contributed by atoms with E-state index < -0.39 is 12.6 Å². The number of carbonyl (C=O) groups is 2. The second-order valence-electron chi connectivity index (χ2n) is 5.81. The summed E-state index contributed by atoms with van der Waals surface area (Å²) >= 11 is 1.45. The van der Waals surface area contributed by atoms with Crippen LogP contribution in [0.15, 0.2) is 65.3 Å².